The molecule has 3 aliphatic rings. The van der Waals surface area contributed by atoms with Crippen molar-refractivity contribution in [1.29, 1.82) is 0 Å². The lowest BCUT2D eigenvalue weighted by Crippen LogP contribution is -2.33. The van der Waals surface area contributed by atoms with Gasteiger partial charge in [0.1, 0.15) is 0 Å². The summed E-state index contributed by atoms with van der Waals surface area (Å²) in [5.41, 5.74) is 2.80. The molecule has 1 aromatic rings. The molecule has 7 heteroatoms. The van der Waals surface area contributed by atoms with E-state index in [0.717, 1.165) is 42.7 Å². The van der Waals surface area contributed by atoms with Crippen LogP contribution < -0.4 is 4.90 Å². The van der Waals surface area contributed by atoms with Crippen molar-refractivity contribution in [3.63, 3.8) is 0 Å². The number of likely N-dealkylation sites (tertiary alicyclic amines) is 1. The highest BCUT2D eigenvalue weighted by Gasteiger charge is 2.33. The van der Waals surface area contributed by atoms with E-state index in [1.165, 1.54) is 0 Å². The summed E-state index contributed by atoms with van der Waals surface area (Å²) in [6.45, 7) is 2.12. The molecule has 0 unspecified atom stereocenters. The van der Waals surface area contributed by atoms with E-state index in [1.54, 1.807) is 21.9 Å². The Kier molecular flexibility index (Phi) is 4.06. The third-order valence-electron chi connectivity index (χ3n) is 5.43. The highest BCUT2D eigenvalue weighted by molar-refractivity contribution is 7.91. The summed E-state index contributed by atoms with van der Waals surface area (Å²) in [5, 5.41) is 0. The molecule has 4 rings (SSSR count). The Morgan fingerprint density at radius 3 is 2.40 bits per heavy atom. The molecule has 3 heterocycles. The van der Waals surface area contributed by atoms with Crippen molar-refractivity contribution in [2.24, 2.45) is 0 Å². The molecule has 0 atom stereocenters. The van der Waals surface area contributed by atoms with Crippen molar-refractivity contribution < 1.29 is 18.0 Å². The number of hydrogen-bond acceptors (Lipinski definition) is 4. The first-order chi connectivity index (χ1) is 12.0. The fourth-order valence-corrected chi connectivity index (χ4v) is 5.39. The van der Waals surface area contributed by atoms with Crippen LogP contribution in [-0.4, -0.2) is 50.5 Å². The molecule has 1 aromatic carbocycles. The number of aryl methyl sites for hydroxylation is 1. The van der Waals surface area contributed by atoms with Gasteiger partial charge in [0.15, 0.2) is 9.84 Å². The van der Waals surface area contributed by atoms with E-state index < -0.39 is 9.84 Å². The second kappa shape index (κ2) is 6.12. The van der Waals surface area contributed by atoms with Crippen LogP contribution in [0.15, 0.2) is 17.0 Å². The molecule has 2 amide bonds. The summed E-state index contributed by atoms with van der Waals surface area (Å²) >= 11 is 0. The molecule has 3 aliphatic heterocycles. The van der Waals surface area contributed by atoms with Crippen molar-refractivity contribution in [1.82, 2.24) is 4.90 Å². The molecule has 0 bridgehead atoms. The molecule has 0 radical (unpaired) electrons. The fourth-order valence-electron chi connectivity index (χ4n) is 4.07. The lowest BCUT2D eigenvalue weighted by molar-refractivity contribution is -0.129. The summed E-state index contributed by atoms with van der Waals surface area (Å²) in [7, 11) is -3.50. The van der Waals surface area contributed by atoms with Crippen LogP contribution in [-0.2, 0) is 32.3 Å². The Labute approximate surface area is 147 Å². The normalized spacial score (nSPS) is 19.4. The smallest absolute Gasteiger partial charge is 0.227 e. The van der Waals surface area contributed by atoms with E-state index in [1.807, 2.05) is 0 Å². The minimum Gasteiger partial charge on any atom is -0.343 e. The summed E-state index contributed by atoms with van der Waals surface area (Å²) < 4.78 is 25.5. The molecule has 1 saturated heterocycles. The SMILES string of the molecule is O=C(CCS(=O)(=O)c1cc2c3c(c1)CCN3C(=O)CC2)N1CCCC1. The van der Waals surface area contributed by atoms with E-state index in [4.69, 9.17) is 0 Å². The second-order valence-electron chi connectivity index (χ2n) is 7.04. The Balaban J connectivity index is 1.55. The number of carbonyl (C=O) groups is 2. The number of carbonyl (C=O) groups excluding carboxylic acids is 2. The zero-order valence-electron chi connectivity index (χ0n) is 14.2. The predicted octanol–water partition coefficient (Wildman–Crippen LogP) is 1.31. The molecule has 0 aromatic heterocycles. The summed E-state index contributed by atoms with van der Waals surface area (Å²) in [6.07, 6.45) is 3.77. The first kappa shape index (κ1) is 16.6. The van der Waals surface area contributed by atoms with Gasteiger partial charge < -0.3 is 9.80 Å². The Morgan fingerprint density at radius 2 is 1.68 bits per heavy atom. The third kappa shape index (κ3) is 2.94. The van der Waals surface area contributed by atoms with Crippen LogP contribution in [0.1, 0.15) is 36.8 Å². The average Bonchev–Trinajstić information content (AvgIpc) is 3.26. The van der Waals surface area contributed by atoms with Gasteiger partial charge in [-0.3, -0.25) is 9.59 Å². The van der Waals surface area contributed by atoms with Crippen LogP contribution in [0.3, 0.4) is 0 Å². The lowest BCUT2D eigenvalue weighted by atomic mass is 10.00. The van der Waals surface area contributed by atoms with Crippen LogP contribution >= 0.6 is 0 Å². The molecule has 0 saturated carbocycles. The van der Waals surface area contributed by atoms with Crippen LogP contribution in [0, 0.1) is 0 Å². The average molecular weight is 362 g/mol. The predicted molar refractivity (Wildman–Crippen MR) is 93.3 cm³/mol. The molecule has 0 aliphatic carbocycles. The Hall–Kier alpha value is -1.89. The van der Waals surface area contributed by atoms with E-state index >= 15 is 0 Å². The Bertz CT molecular complexity index is 841. The van der Waals surface area contributed by atoms with Gasteiger partial charge in [0.2, 0.25) is 11.8 Å². The first-order valence-corrected chi connectivity index (χ1v) is 10.6. The standard InChI is InChI=1S/C18H22N2O4S/c21-16(19-7-1-2-8-19)6-10-25(23,24)15-11-13-3-4-17(22)20-9-5-14(12-15)18(13)20/h11-12H,1-10H2. The maximum absolute atomic E-state index is 12.7. The molecule has 25 heavy (non-hydrogen) atoms. The molecule has 1 fully saturated rings. The van der Waals surface area contributed by atoms with Crippen molar-refractivity contribution in [2.75, 3.05) is 30.3 Å². The van der Waals surface area contributed by atoms with E-state index in [-0.39, 0.29) is 24.0 Å². The zero-order chi connectivity index (χ0) is 17.6. The quantitative estimate of drug-likeness (QED) is 0.809. The van der Waals surface area contributed by atoms with Crippen molar-refractivity contribution in [3.8, 4) is 0 Å². The maximum Gasteiger partial charge on any atom is 0.227 e. The van der Waals surface area contributed by atoms with Gasteiger partial charge in [-0.1, -0.05) is 0 Å². The van der Waals surface area contributed by atoms with E-state index in [0.29, 0.717) is 30.7 Å². The molecular formula is C18H22N2O4S. The molecule has 134 valence electrons. The number of nitrogens with zero attached hydrogens (tertiary/aromatic N) is 2. The summed E-state index contributed by atoms with van der Waals surface area (Å²) in [4.78, 5) is 27.9. The van der Waals surface area contributed by atoms with Gasteiger partial charge in [0.25, 0.3) is 0 Å². The lowest BCUT2D eigenvalue weighted by Gasteiger charge is -2.25. The highest BCUT2D eigenvalue weighted by Crippen LogP contribution is 2.38. The van der Waals surface area contributed by atoms with Gasteiger partial charge in [-0.25, -0.2) is 8.42 Å². The second-order valence-corrected chi connectivity index (χ2v) is 9.15. The van der Waals surface area contributed by atoms with Crippen LogP contribution in [0.5, 0.6) is 0 Å². The molecule has 6 nitrogen and oxygen atoms in total. The van der Waals surface area contributed by atoms with Gasteiger partial charge in [-0.05, 0) is 48.9 Å². The van der Waals surface area contributed by atoms with Crippen molar-refractivity contribution in [3.05, 3.63) is 23.3 Å². The van der Waals surface area contributed by atoms with Gasteiger partial charge in [-0.15, -0.1) is 0 Å². The molecule has 0 N–H and O–H groups in total. The van der Waals surface area contributed by atoms with Gasteiger partial charge in [-0.2, -0.15) is 0 Å². The Morgan fingerprint density at radius 1 is 1.00 bits per heavy atom. The topological polar surface area (TPSA) is 74.8 Å². The third-order valence-corrected chi connectivity index (χ3v) is 7.12. The van der Waals surface area contributed by atoms with Crippen molar-refractivity contribution in [2.45, 2.75) is 43.4 Å². The largest absolute Gasteiger partial charge is 0.343 e. The maximum atomic E-state index is 12.7. The highest BCUT2D eigenvalue weighted by atomic mass is 32.2. The summed E-state index contributed by atoms with van der Waals surface area (Å²) in [6, 6.07) is 3.41. The number of anilines is 1. The number of benzene rings is 1. The first-order valence-electron chi connectivity index (χ1n) is 8.92. The monoisotopic (exact) mass is 362 g/mol. The van der Waals surface area contributed by atoms with Gasteiger partial charge in [0.05, 0.1) is 16.3 Å². The van der Waals surface area contributed by atoms with Crippen LogP contribution in [0.4, 0.5) is 5.69 Å². The van der Waals surface area contributed by atoms with E-state index in [9.17, 15) is 18.0 Å². The van der Waals surface area contributed by atoms with Crippen molar-refractivity contribution >= 4 is 27.3 Å². The zero-order valence-corrected chi connectivity index (χ0v) is 15.0. The van der Waals surface area contributed by atoms with Crippen LogP contribution in [0.2, 0.25) is 0 Å². The fraction of sp³-hybridized carbons (Fsp3) is 0.556. The molecule has 0 spiro atoms. The van der Waals surface area contributed by atoms with Gasteiger partial charge >= 0.3 is 0 Å². The number of sulfone groups is 1. The van der Waals surface area contributed by atoms with E-state index in [2.05, 4.69) is 0 Å². The minimum atomic E-state index is -3.50. The molecular weight excluding hydrogens is 340 g/mol. The number of rotatable bonds is 4. The number of amides is 2. The van der Waals surface area contributed by atoms with Crippen LogP contribution in [0.25, 0.3) is 0 Å². The minimum absolute atomic E-state index is 0.0410. The number of hydrogen-bond donors (Lipinski definition) is 0. The summed E-state index contributed by atoms with van der Waals surface area (Å²) in [5.74, 6) is -0.0955. The van der Waals surface area contributed by atoms with Gasteiger partial charge in [0, 0.05) is 32.5 Å².